The van der Waals surface area contributed by atoms with Crippen molar-refractivity contribution in [3.05, 3.63) is 33.6 Å². The first-order valence-electron chi connectivity index (χ1n) is 5.16. The molecule has 2 aromatic heterocycles. The van der Waals surface area contributed by atoms with Crippen molar-refractivity contribution >= 4 is 40.3 Å². The molecule has 5 nitrogen and oxygen atoms in total. The third kappa shape index (κ3) is 2.27. The zero-order chi connectivity index (χ0) is 13.3. The summed E-state index contributed by atoms with van der Waals surface area (Å²) in [5, 5.41) is 10.5. The molecule has 94 valence electrons. The van der Waals surface area contributed by atoms with Gasteiger partial charge in [0.1, 0.15) is 10.8 Å². The Morgan fingerprint density at radius 3 is 2.78 bits per heavy atom. The highest BCUT2D eigenvalue weighted by Gasteiger charge is 2.16. The Labute approximate surface area is 114 Å². The number of amides is 1. The number of nitrogens with two attached hydrogens (primary N) is 1. The number of carbonyl (C=O) groups is 1. The quantitative estimate of drug-likeness (QED) is 0.839. The summed E-state index contributed by atoms with van der Waals surface area (Å²) in [6.45, 7) is 1.89. The molecule has 0 atom stereocenters. The maximum Gasteiger partial charge on any atom is 0.257 e. The number of thiocarbonyl (C=S) groups is 1. The zero-order valence-corrected chi connectivity index (χ0v) is 11.6. The van der Waals surface area contributed by atoms with Gasteiger partial charge in [-0.3, -0.25) is 9.48 Å². The molecule has 0 saturated carbocycles. The fraction of sp³-hybridized carbons (Fsp3) is 0.182. The normalized spacial score (nSPS) is 10.3. The van der Waals surface area contributed by atoms with E-state index in [4.69, 9.17) is 18.0 Å². The summed E-state index contributed by atoms with van der Waals surface area (Å²) in [7, 11) is 1.72. The smallest absolute Gasteiger partial charge is 0.257 e. The van der Waals surface area contributed by atoms with Crippen LogP contribution >= 0.6 is 23.6 Å². The molecule has 0 aliphatic heterocycles. The molecule has 0 aromatic carbocycles. The Morgan fingerprint density at radius 2 is 2.22 bits per heavy atom. The Morgan fingerprint density at radius 1 is 1.50 bits per heavy atom. The Hall–Kier alpha value is -1.73. The average molecular weight is 280 g/mol. The third-order valence-electron chi connectivity index (χ3n) is 2.54. The Kier molecular flexibility index (Phi) is 3.44. The Bertz CT molecular complexity index is 614. The molecule has 18 heavy (non-hydrogen) atoms. The fourth-order valence-electron chi connectivity index (χ4n) is 1.53. The third-order valence-corrected chi connectivity index (χ3v) is 3.62. The predicted octanol–water partition coefficient (Wildman–Crippen LogP) is 1.68. The van der Waals surface area contributed by atoms with Gasteiger partial charge < -0.3 is 11.1 Å². The van der Waals surface area contributed by atoms with Gasteiger partial charge in [-0.05, 0) is 17.9 Å². The number of carbonyl (C=O) groups excluding carboxylic acids is 1. The van der Waals surface area contributed by atoms with E-state index in [2.05, 4.69) is 10.4 Å². The van der Waals surface area contributed by atoms with Crippen LogP contribution in [0.2, 0.25) is 0 Å². The highest BCUT2D eigenvalue weighted by Crippen LogP contribution is 2.18. The van der Waals surface area contributed by atoms with Crippen LogP contribution in [-0.4, -0.2) is 20.7 Å². The molecule has 0 saturated heterocycles. The van der Waals surface area contributed by atoms with Crippen LogP contribution in [0.3, 0.4) is 0 Å². The Balaban J connectivity index is 2.30. The maximum absolute atomic E-state index is 12.1. The number of hydrogen-bond acceptors (Lipinski definition) is 4. The van der Waals surface area contributed by atoms with Gasteiger partial charge in [-0.25, -0.2) is 0 Å². The van der Waals surface area contributed by atoms with Gasteiger partial charge >= 0.3 is 0 Å². The molecule has 0 aliphatic rings. The zero-order valence-electron chi connectivity index (χ0n) is 9.93. The van der Waals surface area contributed by atoms with Crippen LogP contribution in [0, 0.1) is 6.92 Å². The fourth-order valence-corrected chi connectivity index (χ4v) is 2.51. The van der Waals surface area contributed by atoms with Crippen LogP contribution in [0.15, 0.2) is 17.0 Å². The van der Waals surface area contributed by atoms with Gasteiger partial charge in [0.15, 0.2) is 0 Å². The molecule has 0 spiro atoms. The molecule has 3 N–H and O–H groups in total. The summed E-state index contributed by atoms with van der Waals surface area (Å²) in [4.78, 5) is 12.3. The van der Waals surface area contributed by atoms with Crippen LogP contribution in [0.5, 0.6) is 0 Å². The van der Waals surface area contributed by atoms with Crippen LogP contribution < -0.4 is 11.1 Å². The van der Waals surface area contributed by atoms with E-state index in [-0.39, 0.29) is 10.9 Å². The number of hydrogen-bond donors (Lipinski definition) is 2. The van der Waals surface area contributed by atoms with Crippen molar-refractivity contribution in [1.82, 2.24) is 9.78 Å². The van der Waals surface area contributed by atoms with Crippen LogP contribution in [0.4, 0.5) is 5.82 Å². The summed E-state index contributed by atoms with van der Waals surface area (Å²) in [5.41, 5.74) is 7.73. The van der Waals surface area contributed by atoms with Crippen molar-refractivity contribution in [2.24, 2.45) is 12.8 Å². The van der Waals surface area contributed by atoms with Gasteiger partial charge in [0.2, 0.25) is 0 Å². The summed E-state index contributed by atoms with van der Waals surface area (Å²) in [5.74, 6) is 0.327. The highest BCUT2D eigenvalue weighted by molar-refractivity contribution is 7.80. The topological polar surface area (TPSA) is 72.9 Å². The first-order valence-corrected chi connectivity index (χ1v) is 6.51. The average Bonchev–Trinajstić information content (AvgIpc) is 2.86. The number of aryl methyl sites for hydroxylation is 2. The first-order chi connectivity index (χ1) is 8.50. The van der Waals surface area contributed by atoms with Crippen molar-refractivity contribution in [2.45, 2.75) is 6.92 Å². The molecule has 2 aromatic rings. The lowest BCUT2D eigenvalue weighted by Crippen LogP contribution is -2.18. The van der Waals surface area contributed by atoms with Crippen LogP contribution in [0.25, 0.3) is 0 Å². The molecule has 0 unspecified atom stereocenters. The lowest BCUT2D eigenvalue weighted by molar-refractivity contribution is 0.102. The molecule has 0 radical (unpaired) electrons. The predicted molar refractivity (Wildman–Crippen MR) is 76.1 cm³/mol. The van der Waals surface area contributed by atoms with Crippen LogP contribution in [-0.2, 0) is 7.05 Å². The second-order valence-corrected chi connectivity index (χ2v) is 5.00. The molecule has 2 rings (SSSR count). The van der Waals surface area contributed by atoms with Crippen molar-refractivity contribution in [3.63, 3.8) is 0 Å². The van der Waals surface area contributed by atoms with E-state index in [1.165, 1.54) is 16.0 Å². The van der Waals surface area contributed by atoms with E-state index in [9.17, 15) is 4.79 Å². The van der Waals surface area contributed by atoms with Gasteiger partial charge in [-0.15, -0.1) is 0 Å². The molecule has 7 heteroatoms. The molecule has 0 fully saturated rings. The summed E-state index contributed by atoms with van der Waals surface area (Å²) < 4.78 is 1.54. The standard InChI is InChI=1S/C11H12N4OS2/c1-6-4-18-5-8(6)11(16)14-10-7(9(12)17)3-13-15(10)2/h3-5H,1-2H3,(H2,12,17)(H,14,16). The van der Waals surface area contributed by atoms with E-state index in [1.807, 2.05) is 17.7 Å². The van der Waals surface area contributed by atoms with E-state index in [0.29, 0.717) is 16.9 Å². The molecule has 0 bridgehead atoms. The highest BCUT2D eigenvalue weighted by atomic mass is 32.1. The summed E-state index contributed by atoms with van der Waals surface area (Å²) in [6.07, 6.45) is 1.54. The molecule has 0 aliphatic carbocycles. The lowest BCUT2D eigenvalue weighted by atomic mass is 10.2. The van der Waals surface area contributed by atoms with E-state index in [0.717, 1.165) is 5.56 Å². The van der Waals surface area contributed by atoms with Crippen molar-refractivity contribution in [1.29, 1.82) is 0 Å². The van der Waals surface area contributed by atoms with Crippen molar-refractivity contribution in [2.75, 3.05) is 5.32 Å². The summed E-state index contributed by atoms with van der Waals surface area (Å²) in [6, 6.07) is 0. The SMILES string of the molecule is Cc1cscc1C(=O)Nc1c(C(N)=S)cnn1C. The first kappa shape index (κ1) is 12.7. The molecule has 2 heterocycles. The summed E-state index contributed by atoms with van der Waals surface area (Å²) >= 11 is 6.40. The monoisotopic (exact) mass is 280 g/mol. The number of aromatic nitrogens is 2. The van der Waals surface area contributed by atoms with Gasteiger partial charge in [-0.1, -0.05) is 12.2 Å². The lowest BCUT2D eigenvalue weighted by Gasteiger charge is -2.07. The van der Waals surface area contributed by atoms with E-state index < -0.39 is 0 Å². The molecular weight excluding hydrogens is 268 g/mol. The maximum atomic E-state index is 12.1. The van der Waals surface area contributed by atoms with Gasteiger partial charge in [0.25, 0.3) is 5.91 Å². The van der Waals surface area contributed by atoms with Crippen LogP contribution in [0.1, 0.15) is 21.5 Å². The van der Waals surface area contributed by atoms with Crippen molar-refractivity contribution in [3.8, 4) is 0 Å². The number of nitrogens with one attached hydrogen (secondary N) is 1. The largest absolute Gasteiger partial charge is 0.389 e. The number of rotatable bonds is 3. The number of thiophene rings is 1. The minimum atomic E-state index is -0.185. The van der Waals surface area contributed by atoms with E-state index in [1.54, 1.807) is 13.2 Å². The minimum Gasteiger partial charge on any atom is -0.389 e. The molecule has 1 amide bonds. The molecular formula is C11H12N4OS2. The van der Waals surface area contributed by atoms with Gasteiger partial charge in [-0.2, -0.15) is 16.4 Å². The second-order valence-electron chi connectivity index (χ2n) is 3.82. The van der Waals surface area contributed by atoms with Crippen molar-refractivity contribution < 1.29 is 4.79 Å². The van der Waals surface area contributed by atoms with Gasteiger partial charge in [0.05, 0.1) is 17.3 Å². The van der Waals surface area contributed by atoms with E-state index >= 15 is 0 Å². The second kappa shape index (κ2) is 4.87. The van der Waals surface area contributed by atoms with Gasteiger partial charge in [0, 0.05) is 12.4 Å². The number of nitrogens with zero attached hydrogens (tertiary/aromatic N) is 2. The minimum absolute atomic E-state index is 0.185. The number of anilines is 1.